The molecule has 1 aliphatic heterocycles. The summed E-state index contributed by atoms with van der Waals surface area (Å²) < 4.78 is 12.4. The van der Waals surface area contributed by atoms with Crippen LogP contribution in [-0.2, 0) is 9.59 Å². The van der Waals surface area contributed by atoms with Gasteiger partial charge < -0.3 is 14.8 Å². The Morgan fingerprint density at radius 3 is 2.07 bits per heavy atom. The van der Waals surface area contributed by atoms with Crippen LogP contribution in [0.15, 0.2) is 39.1 Å². The monoisotopic (exact) mass is 459 g/mol. The predicted octanol–water partition coefficient (Wildman–Crippen LogP) is 4.95. The third-order valence-electron chi connectivity index (χ3n) is 5.75. The first-order valence-electron chi connectivity index (χ1n) is 10.4. The molecule has 1 N–H and O–H groups in total. The molecule has 3 aliphatic rings. The largest absolute Gasteiger partial charge is 0.490 e. The van der Waals surface area contributed by atoms with Gasteiger partial charge in [0.2, 0.25) is 0 Å². The zero-order chi connectivity index (χ0) is 20.5. The lowest BCUT2D eigenvalue weighted by Gasteiger charge is -2.37. The van der Waals surface area contributed by atoms with E-state index >= 15 is 0 Å². The van der Waals surface area contributed by atoms with Crippen LogP contribution in [0.3, 0.4) is 0 Å². The Hall–Kier alpha value is -2.08. The van der Waals surface area contributed by atoms with E-state index in [9.17, 15) is 9.59 Å². The van der Waals surface area contributed by atoms with E-state index in [1.807, 2.05) is 26.0 Å². The number of nitrogens with one attached hydrogen (secondary N) is 1. The molecule has 0 radical (unpaired) electrons. The van der Waals surface area contributed by atoms with Gasteiger partial charge in [0.05, 0.1) is 17.7 Å². The van der Waals surface area contributed by atoms with Crippen molar-refractivity contribution in [3.63, 3.8) is 0 Å². The first-order valence-corrected chi connectivity index (χ1v) is 11.2. The van der Waals surface area contributed by atoms with Gasteiger partial charge in [-0.2, -0.15) is 0 Å². The van der Waals surface area contributed by atoms with Crippen LogP contribution >= 0.6 is 15.9 Å². The molecule has 2 aliphatic carbocycles. The topological polar surface area (TPSA) is 64.6 Å². The molecule has 6 heteroatoms. The Bertz CT molecular complexity index is 889. The first kappa shape index (κ1) is 20.2. The number of ether oxygens (including phenoxy) is 2. The highest BCUT2D eigenvalue weighted by Crippen LogP contribution is 2.48. The van der Waals surface area contributed by atoms with E-state index in [1.165, 1.54) is 0 Å². The minimum Gasteiger partial charge on any atom is -0.490 e. The molecule has 0 bridgehead atoms. The maximum absolute atomic E-state index is 13.0. The summed E-state index contributed by atoms with van der Waals surface area (Å²) in [5.74, 6) is 1.22. The van der Waals surface area contributed by atoms with E-state index in [-0.39, 0.29) is 17.5 Å². The van der Waals surface area contributed by atoms with Crippen molar-refractivity contribution in [3.8, 4) is 11.5 Å². The molecular weight excluding hydrogens is 434 g/mol. The zero-order valence-electron chi connectivity index (χ0n) is 16.9. The van der Waals surface area contributed by atoms with E-state index < -0.39 is 0 Å². The molecule has 1 aromatic carbocycles. The normalized spacial score (nSPS) is 19.7. The molecule has 0 saturated heterocycles. The van der Waals surface area contributed by atoms with Gasteiger partial charge in [0.15, 0.2) is 23.1 Å². The molecule has 0 fully saturated rings. The molecule has 1 heterocycles. The fourth-order valence-corrected chi connectivity index (χ4v) is 5.19. The minimum absolute atomic E-state index is 0.136. The lowest BCUT2D eigenvalue weighted by Crippen LogP contribution is -2.36. The molecule has 154 valence electrons. The van der Waals surface area contributed by atoms with Crippen LogP contribution in [0.1, 0.15) is 63.9 Å². The van der Waals surface area contributed by atoms with Crippen molar-refractivity contribution in [1.82, 2.24) is 5.32 Å². The number of carbonyl (C=O) groups is 2. The van der Waals surface area contributed by atoms with Crippen molar-refractivity contribution in [2.45, 2.75) is 58.3 Å². The number of halogens is 1. The molecule has 0 atom stereocenters. The van der Waals surface area contributed by atoms with Crippen LogP contribution in [0.4, 0.5) is 0 Å². The molecule has 1 aromatic rings. The van der Waals surface area contributed by atoms with Crippen LogP contribution in [0, 0.1) is 0 Å². The molecule has 0 aromatic heterocycles. The third kappa shape index (κ3) is 3.63. The van der Waals surface area contributed by atoms with Gasteiger partial charge in [-0.25, -0.2) is 0 Å². The number of rotatable bonds is 5. The predicted molar refractivity (Wildman–Crippen MR) is 114 cm³/mol. The van der Waals surface area contributed by atoms with Crippen molar-refractivity contribution in [2.24, 2.45) is 0 Å². The molecular formula is C23H26BrNO4. The standard InChI is InChI=1S/C23H26BrNO4/c1-3-28-19-12-13(11-14(24)23(19)29-4-2)20-21-15(7-5-9-17(21)26)25-16-8-6-10-18(27)22(16)20/h11-12,20,25H,3-10H2,1-2H3. The Balaban J connectivity index is 1.90. The molecule has 0 saturated carbocycles. The van der Waals surface area contributed by atoms with E-state index in [2.05, 4.69) is 21.2 Å². The lowest BCUT2D eigenvalue weighted by atomic mass is 9.71. The highest BCUT2D eigenvalue weighted by molar-refractivity contribution is 9.10. The molecule has 0 amide bonds. The highest BCUT2D eigenvalue weighted by atomic mass is 79.9. The zero-order valence-corrected chi connectivity index (χ0v) is 18.5. The second-order valence-electron chi connectivity index (χ2n) is 7.59. The Kier molecular flexibility index (Phi) is 5.81. The Labute approximate surface area is 179 Å². The molecule has 5 nitrogen and oxygen atoms in total. The highest BCUT2D eigenvalue weighted by Gasteiger charge is 2.40. The second kappa shape index (κ2) is 8.34. The number of benzene rings is 1. The summed E-state index contributed by atoms with van der Waals surface area (Å²) in [5.41, 5.74) is 4.38. The van der Waals surface area contributed by atoms with Crippen molar-refractivity contribution >= 4 is 27.5 Å². The summed E-state index contributed by atoms with van der Waals surface area (Å²) in [6.07, 6.45) is 4.46. The average Bonchev–Trinajstić information content (AvgIpc) is 2.69. The first-order chi connectivity index (χ1) is 14.0. The Morgan fingerprint density at radius 2 is 1.52 bits per heavy atom. The number of hydrogen-bond acceptors (Lipinski definition) is 5. The fraction of sp³-hybridized carbons (Fsp3) is 0.478. The van der Waals surface area contributed by atoms with Crippen molar-refractivity contribution in [1.29, 1.82) is 0 Å². The molecule has 4 rings (SSSR count). The lowest BCUT2D eigenvalue weighted by molar-refractivity contribution is -0.116. The van der Waals surface area contributed by atoms with Crippen molar-refractivity contribution < 1.29 is 19.1 Å². The summed E-state index contributed by atoms with van der Waals surface area (Å²) in [7, 11) is 0. The van der Waals surface area contributed by atoms with Crippen LogP contribution in [0.2, 0.25) is 0 Å². The molecule has 29 heavy (non-hydrogen) atoms. The fourth-order valence-electron chi connectivity index (χ4n) is 4.62. The van der Waals surface area contributed by atoms with Gasteiger partial charge in [0, 0.05) is 41.3 Å². The number of ketones is 2. The SMILES string of the molecule is CCOc1cc(C2C3=C(CCCC3=O)NC3=C2C(=O)CCC3)cc(Br)c1OCC. The van der Waals surface area contributed by atoms with Crippen LogP contribution in [0.25, 0.3) is 0 Å². The van der Waals surface area contributed by atoms with Gasteiger partial charge in [-0.3, -0.25) is 9.59 Å². The summed E-state index contributed by atoms with van der Waals surface area (Å²) in [4.78, 5) is 25.9. The maximum atomic E-state index is 13.0. The smallest absolute Gasteiger partial charge is 0.175 e. The number of carbonyl (C=O) groups excluding carboxylic acids is 2. The summed E-state index contributed by atoms with van der Waals surface area (Å²) >= 11 is 3.62. The molecule has 0 unspecified atom stereocenters. The van der Waals surface area contributed by atoms with Gasteiger partial charge in [-0.1, -0.05) is 0 Å². The number of hydrogen-bond donors (Lipinski definition) is 1. The Morgan fingerprint density at radius 1 is 0.931 bits per heavy atom. The number of allylic oxidation sites excluding steroid dienone is 4. The summed E-state index contributed by atoms with van der Waals surface area (Å²) in [5, 5.41) is 3.45. The van der Waals surface area contributed by atoms with Crippen molar-refractivity contribution in [2.75, 3.05) is 13.2 Å². The quantitative estimate of drug-likeness (QED) is 0.674. The van der Waals surface area contributed by atoms with Gasteiger partial charge in [0.25, 0.3) is 0 Å². The molecule has 0 spiro atoms. The number of Topliss-reactive ketones (excluding diaryl/α,β-unsaturated/α-hetero) is 2. The summed E-state index contributed by atoms with van der Waals surface area (Å²) in [6, 6.07) is 3.91. The van der Waals surface area contributed by atoms with Crippen LogP contribution in [-0.4, -0.2) is 24.8 Å². The van der Waals surface area contributed by atoms with Gasteiger partial charge in [-0.15, -0.1) is 0 Å². The van der Waals surface area contributed by atoms with Crippen molar-refractivity contribution in [3.05, 3.63) is 44.7 Å². The van der Waals surface area contributed by atoms with E-state index in [0.717, 1.165) is 58.3 Å². The van der Waals surface area contributed by atoms with E-state index in [4.69, 9.17) is 9.47 Å². The number of dihydropyridines is 1. The van der Waals surface area contributed by atoms with Gasteiger partial charge >= 0.3 is 0 Å². The van der Waals surface area contributed by atoms with E-state index in [0.29, 0.717) is 37.6 Å². The van der Waals surface area contributed by atoms with Crippen LogP contribution in [0.5, 0.6) is 11.5 Å². The van der Waals surface area contributed by atoms with Gasteiger partial charge in [0.1, 0.15) is 0 Å². The minimum atomic E-state index is -0.340. The maximum Gasteiger partial charge on any atom is 0.175 e. The van der Waals surface area contributed by atoms with E-state index in [1.54, 1.807) is 0 Å². The van der Waals surface area contributed by atoms with Crippen LogP contribution < -0.4 is 14.8 Å². The second-order valence-corrected chi connectivity index (χ2v) is 8.45. The average molecular weight is 460 g/mol. The van der Waals surface area contributed by atoms with Gasteiger partial charge in [-0.05, 0) is 73.2 Å². The summed E-state index contributed by atoms with van der Waals surface area (Å²) in [6.45, 7) is 4.88. The third-order valence-corrected chi connectivity index (χ3v) is 6.33.